The number of phenols is 1. The molecule has 732 valence electrons. The first kappa shape index (κ1) is 97.2. The highest BCUT2D eigenvalue weighted by Gasteiger charge is 2.22. The van der Waals surface area contributed by atoms with Crippen LogP contribution in [0.1, 0.15) is 0 Å². The molecule has 0 spiro atoms. The highest BCUT2D eigenvalue weighted by Crippen LogP contribution is 2.45. The Hall–Kier alpha value is -18.9. The lowest BCUT2D eigenvalue weighted by atomic mass is 10.1. The second kappa shape index (κ2) is 45.2. The minimum absolute atomic E-state index is 0. The number of furan rings is 5. The van der Waals surface area contributed by atoms with Crippen LogP contribution in [0.25, 0.3) is 138 Å². The number of para-hydroxylation sites is 5. The van der Waals surface area contributed by atoms with Gasteiger partial charge in [-0.15, -0.1) is 0 Å². The summed E-state index contributed by atoms with van der Waals surface area (Å²) >= 11 is 5.75. The van der Waals surface area contributed by atoms with Gasteiger partial charge >= 0.3 is 0 Å². The molecule has 13 heterocycles. The monoisotopic (exact) mass is 2260 g/mol. The number of ether oxygens (including phenoxy) is 6. The van der Waals surface area contributed by atoms with Gasteiger partial charge in [0.1, 0.15) is 114 Å². The number of halogens is 3. The van der Waals surface area contributed by atoms with Gasteiger partial charge in [0.05, 0.1) is 58.7 Å². The third kappa shape index (κ3) is 22.8. The Kier molecular flexibility index (Phi) is 29.3. The normalized spacial score (nSPS) is 10.9. The van der Waals surface area contributed by atoms with Crippen molar-refractivity contribution in [3.05, 3.63) is 501 Å². The third-order valence-corrected chi connectivity index (χ3v) is 24.9. The zero-order chi connectivity index (χ0) is 101. The number of H-pyrrole nitrogens is 1. The van der Waals surface area contributed by atoms with E-state index in [1.54, 1.807) is 105 Å². The van der Waals surface area contributed by atoms with E-state index >= 15 is 0 Å². The number of nitrogens with one attached hydrogen (secondary N) is 1. The molecule has 0 saturated carbocycles. The average Bonchev–Trinajstić information content (AvgIpc) is 1.70. The molecule has 28 rings (SSSR count). The molecule has 0 aliphatic carbocycles. The number of benzene rings is 15. The molecule has 0 radical (unpaired) electrons. The number of phenolic OH excluding ortho intramolecular Hbond substituents is 1. The Bertz CT molecular complexity index is 9550. The fourth-order valence-corrected chi connectivity index (χ4v) is 17.9. The summed E-state index contributed by atoms with van der Waals surface area (Å²) in [4.78, 5) is 37.4. The Morgan fingerprint density at radius 3 is 1.05 bits per heavy atom. The molecule has 0 aliphatic heterocycles. The minimum atomic E-state index is -0.0532. The Morgan fingerprint density at radius 1 is 0.307 bits per heavy atom. The van der Waals surface area contributed by atoms with Crippen molar-refractivity contribution in [3.63, 3.8) is 0 Å². The number of hydrogen-bond donors (Lipinski definition) is 2. The first-order chi connectivity index (χ1) is 73.3. The van der Waals surface area contributed by atoms with Gasteiger partial charge in [-0.25, -0.2) is 39.0 Å². The van der Waals surface area contributed by atoms with Crippen molar-refractivity contribution in [1.82, 2.24) is 57.7 Å². The van der Waals surface area contributed by atoms with Crippen LogP contribution in [0.5, 0.6) is 75.0 Å². The van der Waals surface area contributed by atoms with Gasteiger partial charge in [-0.3, -0.25) is 4.79 Å². The van der Waals surface area contributed by atoms with E-state index in [0.29, 0.717) is 51.7 Å². The summed E-state index contributed by atoms with van der Waals surface area (Å²) in [6.07, 6.45) is 32.4. The number of aromatic hydroxyl groups is 1. The SMILES string of the molecule is Brc1ccc2oc3ccccc3c2c1.C[n+]1ccn(-c2cccc(Oc3cc(Oc4ccccn4)c4oc5ccccc5c4c3)c2)c1.Ic1cc(Oc2cccc(-n3ccnc3)c2)cc2c1oc1ccccc12.O=c1cccc[nH]1.Oc1cccc(-n2ccnc2)c1.[I-].c1cc(Oc2ccc3oc4ccccc4c3c2)cc(-n2ccnc2)c1.c1ccc(Oc2cc(Oc3cccc(-n4ccnc4)c3)cc3c2oc2ccccc23)nc1. The molecule has 0 fully saturated rings. The van der Waals surface area contributed by atoms with Gasteiger partial charge in [-0.2, -0.15) is 0 Å². The summed E-state index contributed by atoms with van der Waals surface area (Å²) in [5.74, 6) is 8.15. The van der Waals surface area contributed by atoms with Gasteiger partial charge in [-0.1, -0.05) is 155 Å². The first-order valence-corrected chi connectivity index (χ1v) is 48.9. The van der Waals surface area contributed by atoms with Crippen LogP contribution in [0.2, 0.25) is 0 Å². The maximum atomic E-state index is 10.2. The van der Waals surface area contributed by atoms with Crippen molar-refractivity contribution in [1.29, 1.82) is 0 Å². The summed E-state index contributed by atoms with van der Waals surface area (Å²) in [5.41, 5.74) is 13.1. The molecular formula is C121H84BrI2N13O13. The van der Waals surface area contributed by atoms with Crippen molar-refractivity contribution in [3.8, 4) is 103 Å². The highest BCUT2D eigenvalue weighted by molar-refractivity contribution is 14.1. The minimum Gasteiger partial charge on any atom is -1.00 e. The maximum absolute atomic E-state index is 10.2. The highest BCUT2D eigenvalue weighted by atomic mass is 127. The smallest absolute Gasteiger partial charge is 0.248 e. The fraction of sp³-hybridized carbons (Fsp3) is 0.00826. The Morgan fingerprint density at radius 2 is 0.660 bits per heavy atom. The van der Waals surface area contributed by atoms with Crippen molar-refractivity contribution in [2.45, 2.75) is 0 Å². The van der Waals surface area contributed by atoms with Gasteiger partial charge in [0.25, 0.3) is 0 Å². The topological polar surface area (TPSA) is 280 Å². The summed E-state index contributed by atoms with van der Waals surface area (Å²) in [6.45, 7) is 0. The predicted molar refractivity (Wildman–Crippen MR) is 588 cm³/mol. The summed E-state index contributed by atoms with van der Waals surface area (Å²) in [6, 6.07) is 118. The predicted octanol–water partition coefficient (Wildman–Crippen LogP) is 28.0. The van der Waals surface area contributed by atoms with Crippen LogP contribution in [0, 0.1) is 3.57 Å². The average molecular weight is 2260 g/mol. The third-order valence-electron chi connectivity index (χ3n) is 23.6. The number of nitrogens with zero attached hydrogens (tertiary/aromatic N) is 12. The van der Waals surface area contributed by atoms with Crippen molar-refractivity contribution in [2.24, 2.45) is 7.05 Å². The molecule has 0 amide bonds. The van der Waals surface area contributed by atoms with Crippen molar-refractivity contribution in [2.75, 3.05) is 0 Å². The molecule has 15 aromatic carbocycles. The van der Waals surface area contributed by atoms with E-state index in [-0.39, 0.29) is 35.3 Å². The van der Waals surface area contributed by atoms with Crippen LogP contribution in [-0.4, -0.2) is 62.8 Å². The summed E-state index contributed by atoms with van der Waals surface area (Å²) < 4.78 is 80.5. The molecule has 13 aromatic heterocycles. The van der Waals surface area contributed by atoms with Crippen LogP contribution in [0.4, 0.5) is 0 Å². The number of aryl methyl sites for hydroxylation is 1. The second-order valence-electron chi connectivity index (χ2n) is 33.7. The molecular weight excluding hydrogens is 2180 g/mol. The fourth-order valence-electron chi connectivity index (χ4n) is 16.8. The number of imidazole rings is 5. The molecule has 0 unspecified atom stereocenters. The number of aromatic nitrogens is 13. The van der Waals surface area contributed by atoms with Gasteiger partial charge in [0, 0.05) is 187 Å². The number of aromatic amines is 1. The number of fused-ring (bicyclic) bond motifs is 15. The van der Waals surface area contributed by atoms with Crippen LogP contribution < -0.4 is 62.5 Å². The first-order valence-electron chi connectivity index (χ1n) is 47.0. The largest absolute Gasteiger partial charge is 1.00 e. The van der Waals surface area contributed by atoms with E-state index in [9.17, 15) is 9.90 Å². The standard InChI is InChI=1S/C27H20N3O3.C26H17N3O3.C21H13IN2O2.C21H14N2O2.C12H7BrO.C9H8N2O.C5H5NO.HI/c1-29-13-14-30(18-29)19-7-6-8-20(15-19)31-21-16-23-22-9-2-3-10-24(22)33-27(23)25(17-21)32-26-11-4-5-12-28-26;1-2-9-23-21(8-1)22-15-20(16-24(26(22)32-23)31-25-10-3-4-11-28-25)30-19-7-5-6-18(14-19)29-13-12-27-17-29;22-19-12-16(11-18-17-6-1-2-7-20(17)26-21(18)19)25-15-5-3-4-14(10-15)24-9-8-23-13-24;1-2-7-20-18(6-1)19-13-17(8-9-21(19)25-20)24-16-5-3-4-15(12-16)23-11-10-22-14-23;13-8-5-6-12-10(7-8)9-3-1-2-4-11(9)14-12;12-9-3-1-2-8(6-9)11-5-4-10-7-11;7-5-3-1-2-4-6-5;/h2-18H,1H3;1-17H;1-13H;1-14H;1-7H;1-7,12H;1-4H,(H,6,7);1H/q+1;;;;;;;/p-1. The van der Waals surface area contributed by atoms with E-state index in [4.69, 9.17) is 50.5 Å². The van der Waals surface area contributed by atoms with Gasteiger partial charge < -0.3 is 103 Å². The molecule has 29 heteroatoms. The van der Waals surface area contributed by atoms with E-state index < -0.39 is 0 Å². The van der Waals surface area contributed by atoms with Crippen LogP contribution in [0.3, 0.4) is 0 Å². The molecule has 26 nitrogen and oxygen atoms in total. The molecule has 0 saturated heterocycles. The van der Waals surface area contributed by atoms with Crippen molar-refractivity contribution < 1.29 is 84.2 Å². The van der Waals surface area contributed by atoms with E-state index in [0.717, 1.165) is 158 Å². The maximum Gasteiger partial charge on any atom is 0.248 e. The van der Waals surface area contributed by atoms with Gasteiger partial charge in [0.2, 0.25) is 23.6 Å². The molecule has 0 bridgehead atoms. The number of hydrogen-bond acceptors (Lipinski definition) is 19. The van der Waals surface area contributed by atoms with E-state index in [1.807, 2.05) is 381 Å². The molecule has 2 N–H and O–H groups in total. The molecule has 0 aliphatic rings. The lowest BCUT2D eigenvalue weighted by Crippen LogP contribution is -3.00. The van der Waals surface area contributed by atoms with Gasteiger partial charge in [0.15, 0.2) is 22.7 Å². The quantitative estimate of drug-likeness (QED) is 0.0633. The van der Waals surface area contributed by atoms with Crippen LogP contribution >= 0.6 is 38.5 Å². The van der Waals surface area contributed by atoms with Crippen LogP contribution in [0.15, 0.2) is 514 Å². The number of pyridine rings is 3. The lowest BCUT2D eigenvalue weighted by molar-refractivity contribution is -0.670. The van der Waals surface area contributed by atoms with Crippen molar-refractivity contribution >= 4 is 148 Å². The lowest BCUT2D eigenvalue weighted by Gasteiger charge is -2.11. The second-order valence-corrected chi connectivity index (χ2v) is 35.8. The summed E-state index contributed by atoms with van der Waals surface area (Å²) in [5, 5.41) is 19.6. The molecule has 28 aromatic rings. The summed E-state index contributed by atoms with van der Waals surface area (Å²) in [7, 11) is 1.99. The van der Waals surface area contributed by atoms with E-state index in [1.165, 1.54) is 11.5 Å². The Labute approximate surface area is 894 Å². The molecule has 150 heavy (non-hydrogen) atoms. The zero-order valence-electron chi connectivity index (χ0n) is 79.5. The number of rotatable bonds is 17. The Balaban J connectivity index is 0.000000106. The van der Waals surface area contributed by atoms with Gasteiger partial charge in [-0.05, 0) is 192 Å². The van der Waals surface area contributed by atoms with Crippen LogP contribution in [-0.2, 0) is 7.05 Å². The van der Waals surface area contributed by atoms with E-state index in [2.05, 4.69) is 97.7 Å². The molecule has 0 atom stereocenters. The zero-order valence-corrected chi connectivity index (χ0v) is 85.4.